The fourth-order valence-corrected chi connectivity index (χ4v) is 3.49. The second-order valence-electron chi connectivity index (χ2n) is 6.92. The average Bonchev–Trinajstić information content (AvgIpc) is 2.65. The molecule has 1 aromatic carbocycles. The van der Waals surface area contributed by atoms with E-state index in [-0.39, 0.29) is 12.1 Å². The van der Waals surface area contributed by atoms with E-state index < -0.39 is 0 Å². The Morgan fingerprint density at radius 1 is 1.04 bits per heavy atom. The van der Waals surface area contributed by atoms with Crippen molar-refractivity contribution in [3.8, 4) is 0 Å². The van der Waals surface area contributed by atoms with Gasteiger partial charge in [-0.15, -0.1) is 0 Å². The van der Waals surface area contributed by atoms with Crippen LogP contribution in [0, 0.1) is 6.92 Å². The Balaban J connectivity index is 1.57. The van der Waals surface area contributed by atoms with E-state index in [2.05, 4.69) is 37.7 Å². The maximum absolute atomic E-state index is 6.22. The molecule has 3 aromatic rings. The molecule has 2 aromatic heterocycles. The van der Waals surface area contributed by atoms with Crippen LogP contribution in [0.1, 0.15) is 31.4 Å². The van der Waals surface area contributed by atoms with Crippen LogP contribution < -0.4 is 16.4 Å². The highest BCUT2D eigenvalue weighted by atomic mass is 15.2. The van der Waals surface area contributed by atoms with Crippen LogP contribution >= 0.6 is 0 Å². The molecule has 1 aliphatic carbocycles. The Labute approximate surface area is 153 Å². The lowest BCUT2D eigenvalue weighted by Gasteiger charge is -2.29. The van der Waals surface area contributed by atoms with E-state index in [1.165, 1.54) is 12.8 Å². The van der Waals surface area contributed by atoms with Gasteiger partial charge < -0.3 is 16.4 Å². The number of nitrogens with two attached hydrogens (primary N) is 1. The van der Waals surface area contributed by atoms with Gasteiger partial charge in [-0.05, 0) is 38.0 Å². The predicted molar refractivity (Wildman–Crippen MR) is 106 cm³/mol. The summed E-state index contributed by atoms with van der Waals surface area (Å²) >= 11 is 0. The summed E-state index contributed by atoms with van der Waals surface area (Å²) in [5, 5.41) is 7.88. The maximum Gasteiger partial charge on any atom is 0.224 e. The molecule has 4 N–H and O–H groups in total. The van der Waals surface area contributed by atoms with E-state index in [4.69, 9.17) is 5.73 Å². The lowest BCUT2D eigenvalue weighted by molar-refractivity contribution is 0.402. The molecular formula is C20H24N6. The van der Waals surface area contributed by atoms with Gasteiger partial charge >= 0.3 is 0 Å². The lowest BCUT2D eigenvalue weighted by Crippen LogP contribution is -2.42. The summed E-state index contributed by atoms with van der Waals surface area (Å²) in [5.41, 5.74) is 9.09. The third-order valence-corrected chi connectivity index (χ3v) is 4.91. The molecule has 2 atom stereocenters. The smallest absolute Gasteiger partial charge is 0.224 e. The van der Waals surface area contributed by atoms with Gasteiger partial charge in [0.2, 0.25) is 5.95 Å². The minimum absolute atomic E-state index is 0.161. The first-order valence-electron chi connectivity index (χ1n) is 9.17. The van der Waals surface area contributed by atoms with Gasteiger partial charge in [0.05, 0.1) is 11.2 Å². The summed E-state index contributed by atoms with van der Waals surface area (Å²) in [6.45, 7) is 2.00. The first kappa shape index (κ1) is 16.7. The molecule has 0 unspecified atom stereocenters. The highest BCUT2D eigenvalue weighted by Crippen LogP contribution is 2.25. The fraction of sp³-hybridized carbons (Fsp3) is 0.350. The standard InChI is InChI=1S/C20H24N6/c1-13-9-10-14-5-4-8-17(19(14)23-13)24-18-11-12-22-20(26-18)25-16-7-3-2-6-15(16)21/h4-5,8-12,15-16H,2-3,6-7,21H2,1H3,(H2,22,24,25,26)/t15-,16+/m0/s1. The molecular weight excluding hydrogens is 324 g/mol. The van der Waals surface area contributed by atoms with E-state index >= 15 is 0 Å². The van der Waals surface area contributed by atoms with E-state index in [1.807, 2.05) is 31.2 Å². The zero-order chi connectivity index (χ0) is 17.9. The van der Waals surface area contributed by atoms with Gasteiger partial charge in [0, 0.05) is 29.4 Å². The number of nitrogens with zero attached hydrogens (tertiary/aromatic N) is 3. The number of anilines is 3. The van der Waals surface area contributed by atoms with Gasteiger partial charge in [-0.3, -0.25) is 4.98 Å². The van der Waals surface area contributed by atoms with Crippen LogP contribution in [0.25, 0.3) is 10.9 Å². The van der Waals surface area contributed by atoms with Crippen molar-refractivity contribution in [1.82, 2.24) is 15.0 Å². The maximum atomic E-state index is 6.22. The van der Waals surface area contributed by atoms with Crippen LogP contribution in [0.3, 0.4) is 0 Å². The van der Waals surface area contributed by atoms with Crippen LogP contribution in [0.15, 0.2) is 42.6 Å². The molecule has 0 bridgehead atoms. The van der Waals surface area contributed by atoms with Crippen molar-refractivity contribution in [3.63, 3.8) is 0 Å². The summed E-state index contributed by atoms with van der Waals surface area (Å²) in [4.78, 5) is 13.6. The number of rotatable bonds is 4. The number of aromatic nitrogens is 3. The van der Waals surface area contributed by atoms with Crippen molar-refractivity contribution in [2.75, 3.05) is 10.6 Å². The zero-order valence-corrected chi connectivity index (χ0v) is 14.9. The summed E-state index contributed by atoms with van der Waals surface area (Å²) in [7, 11) is 0. The number of hydrogen-bond donors (Lipinski definition) is 3. The molecule has 0 amide bonds. The average molecular weight is 348 g/mol. The SMILES string of the molecule is Cc1ccc2cccc(Nc3ccnc(N[C@@H]4CCCC[C@@H]4N)n3)c2n1. The largest absolute Gasteiger partial charge is 0.350 e. The summed E-state index contributed by atoms with van der Waals surface area (Å²) in [6, 6.07) is 12.5. The molecule has 0 aliphatic heterocycles. The number of aryl methyl sites for hydroxylation is 1. The number of fused-ring (bicyclic) bond motifs is 1. The van der Waals surface area contributed by atoms with Gasteiger partial charge in [-0.25, -0.2) is 4.98 Å². The second kappa shape index (κ2) is 7.25. The number of benzene rings is 1. The van der Waals surface area contributed by atoms with Crippen molar-refractivity contribution in [2.24, 2.45) is 5.73 Å². The minimum Gasteiger partial charge on any atom is -0.350 e. The van der Waals surface area contributed by atoms with Gasteiger partial charge in [-0.1, -0.05) is 31.0 Å². The lowest BCUT2D eigenvalue weighted by atomic mass is 9.91. The van der Waals surface area contributed by atoms with Crippen molar-refractivity contribution in [3.05, 3.63) is 48.3 Å². The number of hydrogen-bond acceptors (Lipinski definition) is 6. The molecule has 2 heterocycles. The van der Waals surface area contributed by atoms with E-state index in [0.717, 1.165) is 40.9 Å². The highest BCUT2D eigenvalue weighted by molar-refractivity contribution is 5.91. The monoisotopic (exact) mass is 348 g/mol. The number of pyridine rings is 1. The first-order valence-corrected chi connectivity index (χ1v) is 9.17. The Hall–Kier alpha value is -2.73. The molecule has 0 spiro atoms. The molecule has 4 rings (SSSR count). The molecule has 6 heteroatoms. The van der Waals surface area contributed by atoms with E-state index in [1.54, 1.807) is 6.20 Å². The van der Waals surface area contributed by atoms with Crippen LogP contribution in [-0.4, -0.2) is 27.0 Å². The molecule has 1 fully saturated rings. The van der Waals surface area contributed by atoms with Crippen LogP contribution in [0.2, 0.25) is 0 Å². The Kier molecular flexibility index (Phi) is 4.67. The predicted octanol–water partition coefficient (Wildman–Crippen LogP) is 3.76. The third-order valence-electron chi connectivity index (χ3n) is 4.91. The van der Waals surface area contributed by atoms with Gasteiger partial charge in [0.25, 0.3) is 0 Å². The molecule has 26 heavy (non-hydrogen) atoms. The first-order chi connectivity index (χ1) is 12.7. The third kappa shape index (κ3) is 3.60. The quantitative estimate of drug-likeness (QED) is 0.665. The van der Waals surface area contributed by atoms with E-state index in [0.29, 0.717) is 5.95 Å². The van der Waals surface area contributed by atoms with Crippen LogP contribution in [0.4, 0.5) is 17.5 Å². The normalized spacial score (nSPS) is 20.1. The van der Waals surface area contributed by atoms with Crippen molar-refractivity contribution in [1.29, 1.82) is 0 Å². The summed E-state index contributed by atoms with van der Waals surface area (Å²) < 4.78 is 0. The Bertz CT molecular complexity index is 910. The molecule has 0 radical (unpaired) electrons. The van der Waals surface area contributed by atoms with Crippen LogP contribution in [0.5, 0.6) is 0 Å². The Morgan fingerprint density at radius 2 is 1.92 bits per heavy atom. The molecule has 6 nitrogen and oxygen atoms in total. The number of para-hydroxylation sites is 1. The van der Waals surface area contributed by atoms with Gasteiger partial charge in [-0.2, -0.15) is 4.98 Å². The fourth-order valence-electron chi connectivity index (χ4n) is 3.49. The zero-order valence-electron chi connectivity index (χ0n) is 14.9. The van der Waals surface area contributed by atoms with Gasteiger partial charge in [0.15, 0.2) is 0 Å². The van der Waals surface area contributed by atoms with Crippen molar-refractivity contribution < 1.29 is 0 Å². The Morgan fingerprint density at radius 3 is 2.81 bits per heavy atom. The molecule has 1 aliphatic rings. The van der Waals surface area contributed by atoms with E-state index in [9.17, 15) is 0 Å². The van der Waals surface area contributed by atoms with Crippen molar-refractivity contribution in [2.45, 2.75) is 44.7 Å². The van der Waals surface area contributed by atoms with Crippen LogP contribution in [-0.2, 0) is 0 Å². The summed E-state index contributed by atoms with van der Waals surface area (Å²) in [6.07, 6.45) is 6.28. The highest BCUT2D eigenvalue weighted by Gasteiger charge is 2.22. The number of nitrogens with one attached hydrogen (secondary N) is 2. The van der Waals surface area contributed by atoms with Gasteiger partial charge in [0.1, 0.15) is 5.82 Å². The molecule has 134 valence electrons. The topological polar surface area (TPSA) is 88.8 Å². The molecule has 0 saturated heterocycles. The molecule has 1 saturated carbocycles. The summed E-state index contributed by atoms with van der Waals surface area (Å²) in [5.74, 6) is 1.35. The van der Waals surface area contributed by atoms with Crippen molar-refractivity contribution >= 4 is 28.4 Å². The minimum atomic E-state index is 0.161. The second-order valence-corrected chi connectivity index (χ2v) is 6.92.